The lowest BCUT2D eigenvalue weighted by Crippen LogP contribution is -2.40. The van der Waals surface area contributed by atoms with Crippen molar-refractivity contribution in [1.29, 1.82) is 0 Å². The first kappa shape index (κ1) is 21.4. The van der Waals surface area contributed by atoms with Crippen molar-refractivity contribution in [3.8, 4) is 17.2 Å². The van der Waals surface area contributed by atoms with Gasteiger partial charge in [-0.3, -0.25) is 4.79 Å². The van der Waals surface area contributed by atoms with Crippen LogP contribution in [0.3, 0.4) is 0 Å². The second kappa shape index (κ2) is 7.97. The highest BCUT2D eigenvalue weighted by atomic mass is 19.1. The normalized spacial score (nSPS) is 23.4. The highest BCUT2D eigenvalue weighted by molar-refractivity contribution is 5.93. The van der Waals surface area contributed by atoms with Crippen LogP contribution < -0.4 is 20.7 Å². The minimum absolute atomic E-state index is 0.00314. The maximum atomic E-state index is 13.3. The monoisotopic (exact) mass is 474 g/mol. The van der Waals surface area contributed by atoms with Crippen molar-refractivity contribution >= 4 is 17.8 Å². The zero-order valence-electron chi connectivity index (χ0n) is 18.7. The molecule has 3 amide bonds. The molecule has 1 aliphatic heterocycles. The molecule has 0 bridgehead atoms. The van der Waals surface area contributed by atoms with Crippen molar-refractivity contribution in [2.45, 2.75) is 37.3 Å². The molecular formula is C26H23FN4O4. The number of nitrogens with zero attached hydrogens (tertiary/aromatic N) is 1. The molecule has 0 radical (unpaired) electrons. The van der Waals surface area contributed by atoms with Crippen LogP contribution in [0.2, 0.25) is 0 Å². The Morgan fingerprint density at radius 3 is 2.94 bits per heavy atom. The quantitative estimate of drug-likeness (QED) is 0.432. The Morgan fingerprint density at radius 1 is 1.23 bits per heavy atom. The number of pyridine rings is 1. The average molecular weight is 474 g/mol. The molecule has 2 fully saturated rings. The number of phenolic OH excluding ortho intramolecular Hbond substituents is 1. The number of urea groups is 1. The van der Waals surface area contributed by atoms with E-state index in [9.17, 15) is 19.1 Å². The Bertz CT molecular complexity index is 1360. The van der Waals surface area contributed by atoms with Gasteiger partial charge in [0.25, 0.3) is 0 Å². The van der Waals surface area contributed by atoms with Gasteiger partial charge in [-0.15, -0.1) is 0 Å². The summed E-state index contributed by atoms with van der Waals surface area (Å²) in [6.45, 7) is 0.223. The van der Waals surface area contributed by atoms with Crippen molar-refractivity contribution in [3.05, 3.63) is 77.2 Å². The van der Waals surface area contributed by atoms with Crippen LogP contribution in [0.4, 0.5) is 15.0 Å². The van der Waals surface area contributed by atoms with E-state index in [4.69, 9.17) is 4.74 Å². The molecule has 1 aromatic heterocycles. The lowest BCUT2D eigenvalue weighted by molar-refractivity contribution is -0.116. The molecule has 3 atom stereocenters. The van der Waals surface area contributed by atoms with Crippen LogP contribution in [0.25, 0.3) is 0 Å². The number of fused-ring (bicyclic) bond motifs is 2. The van der Waals surface area contributed by atoms with E-state index in [1.165, 1.54) is 12.1 Å². The van der Waals surface area contributed by atoms with E-state index in [-0.39, 0.29) is 47.4 Å². The van der Waals surface area contributed by atoms with Crippen LogP contribution in [-0.2, 0) is 17.8 Å². The van der Waals surface area contributed by atoms with Gasteiger partial charge in [-0.2, -0.15) is 0 Å². The lowest BCUT2D eigenvalue weighted by Gasteiger charge is -2.20. The van der Waals surface area contributed by atoms with E-state index in [0.717, 1.165) is 17.5 Å². The minimum atomic E-state index is -0.373. The molecule has 178 valence electrons. The van der Waals surface area contributed by atoms with Crippen LogP contribution in [0.5, 0.6) is 17.2 Å². The Hall–Kier alpha value is -4.14. The summed E-state index contributed by atoms with van der Waals surface area (Å²) in [5, 5.41) is 19.1. The summed E-state index contributed by atoms with van der Waals surface area (Å²) in [6, 6.07) is 12.6. The van der Waals surface area contributed by atoms with Crippen molar-refractivity contribution in [2.75, 3.05) is 5.32 Å². The van der Waals surface area contributed by atoms with Gasteiger partial charge in [0, 0.05) is 36.2 Å². The molecule has 0 saturated heterocycles. The fourth-order valence-corrected chi connectivity index (χ4v) is 5.03. The predicted octanol–water partition coefficient (Wildman–Crippen LogP) is 3.96. The summed E-state index contributed by atoms with van der Waals surface area (Å²) in [6.07, 6.45) is 3.33. The zero-order valence-corrected chi connectivity index (χ0v) is 18.7. The summed E-state index contributed by atoms with van der Waals surface area (Å²) in [5.41, 5.74) is 1.87. The van der Waals surface area contributed by atoms with E-state index < -0.39 is 0 Å². The maximum absolute atomic E-state index is 13.3. The molecule has 0 unspecified atom stereocenters. The summed E-state index contributed by atoms with van der Waals surface area (Å²) >= 11 is 0. The highest BCUT2D eigenvalue weighted by Gasteiger charge is 2.80. The Kier molecular flexibility index (Phi) is 4.87. The van der Waals surface area contributed by atoms with Crippen LogP contribution in [-0.4, -0.2) is 27.6 Å². The number of anilines is 1. The van der Waals surface area contributed by atoms with Crippen LogP contribution in [0.15, 0.2) is 54.7 Å². The minimum Gasteiger partial charge on any atom is -0.508 e. The molecule has 2 heterocycles. The molecular weight excluding hydrogens is 451 g/mol. The highest BCUT2D eigenvalue weighted by Crippen LogP contribution is 2.77. The maximum Gasteiger partial charge on any atom is 0.315 e. The summed E-state index contributed by atoms with van der Waals surface area (Å²) in [4.78, 5) is 28.3. The molecule has 3 aliphatic rings. The van der Waals surface area contributed by atoms with Crippen molar-refractivity contribution in [3.63, 3.8) is 0 Å². The van der Waals surface area contributed by atoms with Crippen LogP contribution in [0, 0.1) is 11.7 Å². The Morgan fingerprint density at radius 2 is 2.11 bits per heavy atom. The van der Waals surface area contributed by atoms with Gasteiger partial charge in [-0.05, 0) is 60.7 Å². The number of benzene rings is 2. The van der Waals surface area contributed by atoms with Gasteiger partial charge in [0.05, 0.1) is 5.54 Å². The van der Waals surface area contributed by atoms with Crippen LogP contribution in [0.1, 0.15) is 35.4 Å². The zero-order chi connectivity index (χ0) is 24.2. The average Bonchev–Trinajstić information content (AvgIpc) is 3.69. The summed E-state index contributed by atoms with van der Waals surface area (Å²) in [7, 11) is 0. The third-order valence-electron chi connectivity index (χ3n) is 7.03. The molecule has 4 N–H and O–H groups in total. The molecule has 8 nitrogen and oxygen atoms in total. The van der Waals surface area contributed by atoms with Gasteiger partial charge >= 0.3 is 6.03 Å². The molecule has 9 heteroatoms. The number of nitrogens with one attached hydrogen (secondary N) is 3. The largest absolute Gasteiger partial charge is 0.508 e. The number of carbonyl (C=O) groups is 2. The number of hydrogen-bond donors (Lipinski definition) is 4. The van der Waals surface area contributed by atoms with E-state index in [1.807, 2.05) is 0 Å². The van der Waals surface area contributed by atoms with Gasteiger partial charge in [-0.25, -0.2) is 14.2 Å². The van der Waals surface area contributed by atoms with Gasteiger partial charge in [-0.1, -0.05) is 12.1 Å². The van der Waals surface area contributed by atoms with E-state index in [1.54, 1.807) is 42.6 Å². The van der Waals surface area contributed by atoms with Crippen LogP contribution >= 0.6 is 0 Å². The number of amides is 3. The van der Waals surface area contributed by atoms with Gasteiger partial charge in [0.2, 0.25) is 5.91 Å². The van der Waals surface area contributed by atoms with E-state index in [2.05, 4.69) is 20.9 Å². The fraction of sp³-hybridized carbons (Fsp3) is 0.269. The third-order valence-corrected chi connectivity index (χ3v) is 7.03. The first-order chi connectivity index (χ1) is 16.9. The number of halogens is 1. The number of aromatic nitrogens is 1. The number of hydrogen-bond acceptors (Lipinski definition) is 5. The molecule has 3 aromatic rings. The van der Waals surface area contributed by atoms with Crippen molar-refractivity contribution in [1.82, 2.24) is 15.6 Å². The molecule has 2 saturated carbocycles. The topological polar surface area (TPSA) is 113 Å². The van der Waals surface area contributed by atoms with E-state index >= 15 is 0 Å². The SMILES string of the molecule is O=C1CCc2c(Oc3ccc(O)c([C@@H]4[C@@H]5C[C@@]45NC(=O)NCc4cccc(F)c4)c3)ccnc2N1. The molecule has 6 rings (SSSR count). The van der Waals surface area contributed by atoms with Gasteiger partial charge < -0.3 is 25.8 Å². The molecule has 35 heavy (non-hydrogen) atoms. The van der Waals surface area contributed by atoms with Gasteiger partial charge in [0.15, 0.2) is 0 Å². The first-order valence-electron chi connectivity index (χ1n) is 11.5. The predicted molar refractivity (Wildman–Crippen MR) is 125 cm³/mol. The van der Waals surface area contributed by atoms with Crippen molar-refractivity contribution in [2.24, 2.45) is 5.92 Å². The number of ether oxygens (including phenoxy) is 1. The van der Waals surface area contributed by atoms with Gasteiger partial charge in [0.1, 0.15) is 28.9 Å². The molecule has 2 aromatic carbocycles. The number of rotatable bonds is 6. The second-order valence-electron chi connectivity index (χ2n) is 9.27. The van der Waals surface area contributed by atoms with Crippen molar-refractivity contribution < 1.29 is 23.8 Å². The summed E-state index contributed by atoms with van der Waals surface area (Å²) < 4.78 is 19.5. The summed E-state index contributed by atoms with van der Waals surface area (Å²) in [5.74, 6) is 1.66. The number of carbonyl (C=O) groups excluding carboxylic acids is 2. The smallest absolute Gasteiger partial charge is 0.315 e. The lowest BCUT2D eigenvalue weighted by atomic mass is 9.99. The Labute approximate surface area is 200 Å². The second-order valence-corrected chi connectivity index (χ2v) is 9.27. The third kappa shape index (κ3) is 3.92. The number of phenols is 1. The number of aromatic hydroxyl groups is 1. The molecule has 0 spiro atoms. The first-order valence-corrected chi connectivity index (χ1v) is 11.5. The Balaban J connectivity index is 1.13. The standard InChI is InChI=1S/C26H23FN4O4/c27-15-3-1-2-14(10-15)13-29-25(34)31-26-12-19(26)23(26)18-11-16(4-6-20(18)32)35-21-8-9-28-24-17(21)5-7-22(33)30-24/h1-4,6,8-11,19,23,32H,5,7,12-13H2,(H,28,30,33)(H2,29,31,34)/t19-,23+,26-/m0/s1. The molecule has 2 aliphatic carbocycles. The fourth-order valence-electron chi connectivity index (χ4n) is 5.03. The van der Waals surface area contributed by atoms with E-state index in [0.29, 0.717) is 35.7 Å².